The molecule has 156 valence electrons. The lowest BCUT2D eigenvalue weighted by atomic mass is 9.97. The zero-order valence-electron chi connectivity index (χ0n) is 17.0. The van der Waals surface area contributed by atoms with Crippen LogP contribution in [-0.2, 0) is 13.0 Å². The lowest BCUT2D eigenvalue weighted by Crippen LogP contribution is -2.36. The number of likely N-dealkylation sites (tertiary alicyclic amines) is 1. The molecule has 7 nitrogen and oxygen atoms in total. The zero-order chi connectivity index (χ0) is 19.5. The topological polar surface area (TPSA) is 61.6 Å². The maximum absolute atomic E-state index is 5.92. The highest BCUT2D eigenvalue weighted by Gasteiger charge is 2.27. The predicted molar refractivity (Wildman–Crippen MR) is 109 cm³/mol. The lowest BCUT2D eigenvalue weighted by Gasteiger charge is -2.32. The van der Waals surface area contributed by atoms with Crippen LogP contribution in [0.15, 0.2) is 18.2 Å². The Hall–Kier alpha value is -2.28. The fourth-order valence-corrected chi connectivity index (χ4v) is 4.72. The smallest absolute Gasteiger partial charge is 0.231 e. The third-order valence-corrected chi connectivity index (χ3v) is 6.24. The molecule has 3 aliphatic rings. The predicted octanol–water partition coefficient (Wildman–Crippen LogP) is 3.38. The van der Waals surface area contributed by atoms with Gasteiger partial charge in [0.05, 0.1) is 6.61 Å². The van der Waals surface area contributed by atoms with Gasteiger partial charge >= 0.3 is 0 Å². The number of aryl methyl sites for hydroxylation is 1. The molecule has 3 aliphatic heterocycles. The van der Waals surface area contributed by atoms with Crippen molar-refractivity contribution in [2.75, 3.05) is 33.0 Å². The van der Waals surface area contributed by atoms with Crippen LogP contribution in [0.4, 0.5) is 0 Å². The van der Waals surface area contributed by atoms with Crippen molar-refractivity contribution < 1.29 is 14.2 Å². The molecule has 1 atom stereocenters. The van der Waals surface area contributed by atoms with E-state index in [2.05, 4.69) is 19.7 Å². The molecular formula is C22H30N4O3. The summed E-state index contributed by atoms with van der Waals surface area (Å²) >= 11 is 0. The first-order valence-electron chi connectivity index (χ1n) is 11.0. The molecule has 1 saturated heterocycles. The summed E-state index contributed by atoms with van der Waals surface area (Å²) in [5.74, 6) is 5.35. The van der Waals surface area contributed by atoms with Gasteiger partial charge in [-0.05, 0) is 50.8 Å². The van der Waals surface area contributed by atoms with Gasteiger partial charge in [-0.1, -0.05) is 6.42 Å². The minimum atomic E-state index is 0.296. The molecule has 0 aliphatic carbocycles. The van der Waals surface area contributed by atoms with Gasteiger partial charge in [-0.3, -0.25) is 0 Å². The normalized spacial score (nSPS) is 21.6. The van der Waals surface area contributed by atoms with Crippen LogP contribution in [0.3, 0.4) is 0 Å². The fourth-order valence-electron chi connectivity index (χ4n) is 4.72. The van der Waals surface area contributed by atoms with E-state index in [0.29, 0.717) is 19.3 Å². The molecule has 0 spiro atoms. The van der Waals surface area contributed by atoms with Crippen molar-refractivity contribution in [2.45, 2.75) is 57.4 Å². The first kappa shape index (κ1) is 18.7. The van der Waals surface area contributed by atoms with E-state index in [1.54, 1.807) is 0 Å². The maximum Gasteiger partial charge on any atom is 0.231 e. The molecular weight excluding hydrogens is 368 g/mol. The van der Waals surface area contributed by atoms with E-state index in [4.69, 9.17) is 14.2 Å². The molecule has 1 unspecified atom stereocenters. The van der Waals surface area contributed by atoms with Crippen molar-refractivity contribution >= 4 is 0 Å². The van der Waals surface area contributed by atoms with E-state index in [1.807, 2.05) is 18.2 Å². The van der Waals surface area contributed by atoms with Gasteiger partial charge in [-0.2, -0.15) is 0 Å². The Morgan fingerprint density at radius 1 is 1.03 bits per heavy atom. The molecule has 2 aromatic rings. The van der Waals surface area contributed by atoms with Gasteiger partial charge < -0.3 is 23.7 Å². The number of fused-ring (bicyclic) bond motifs is 2. The zero-order valence-corrected chi connectivity index (χ0v) is 17.0. The van der Waals surface area contributed by atoms with Crippen LogP contribution >= 0.6 is 0 Å². The third-order valence-electron chi connectivity index (χ3n) is 6.24. The fraction of sp³-hybridized carbons (Fsp3) is 0.636. The van der Waals surface area contributed by atoms with Crippen LogP contribution in [0.5, 0.6) is 17.2 Å². The van der Waals surface area contributed by atoms with Gasteiger partial charge in [-0.15, -0.1) is 10.2 Å². The average molecular weight is 399 g/mol. The van der Waals surface area contributed by atoms with Crippen LogP contribution in [0.25, 0.3) is 0 Å². The summed E-state index contributed by atoms with van der Waals surface area (Å²) in [7, 11) is 0. The van der Waals surface area contributed by atoms with Crippen LogP contribution in [0.2, 0.25) is 0 Å². The lowest BCUT2D eigenvalue weighted by molar-refractivity contribution is 0.173. The molecule has 0 amide bonds. The Morgan fingerprint density at radius 3 is 3.00 bits per heavy atom. The number of piperidine rings is 1. The Labute approximate surface area is 172 Å². The van der Waals surface area contributed by atoms with Crippen molar-refractivity contribution in [1.82, 2.24) is 19.7 Å². The van der Waals surface area contributed by atoms with Gasteiger partial charge in [-0.25, -0.2) is 0 Å². The molecule has 1 aromatic heterocycles. The van der Waals surface area contributed by atoms with E-state index >= 15 is 0 Å². The van der Waals surface area contributed by atoms with Crippen LogP contribution in [0.1, 0.15) is 56.1 Å². The minimum absolute atomic E-state index is 0.296. The summed E-state index contributed by atoms with van der Waals surface area (Å²) in [5.41, 5.74) is 0. The van der Waals surface area contributed by atoms with Crippen molar-refractivity contribution in [1.29, 1.82) is 0 Å². The quantitative estimate of drug-likeness (QED) is 0.695. The van der Waals surface area contributed by atoms with Crippen LogP contribution in [-0.4, -0.2) is 52.7 Å². The van der Waals surface area contributed by atoms with Crippen LogP contribution in [0, 0.1) is 0 Å². The number of hydrogen-bond acceptors (Lipinski definition) is 6. The maximum atomic E-state index is 5.92. The summed E-state index contributed by atoms with van der Waals surface area (Å²) in [5, 5.41) is 9.11. The molecule has 4 heterocycles. The van der Waals surface area contributed by atoms with Gasteiger partial charge in [0.25, 0.3) is 0 Å². The molecule has 0 saturated carbocycles. The minimum Gasteiger partial charge on any atom is -0.493 e. The largest absolute Gasteiger partial charge is 0.493 e. The number of rotatable bonds is 6. The monoisotopic (exact) mass is 398 g/mol. The van der Waals surface area contributed by atoms with E-state index in [-0.39, 0.29) is 0 Å². The number of hydrogen-bond donors (Lipinski definition) is 0. The number of ether oxygens (including phenoxy) is 3. The highest BCUT2D eigenvalue weighted by Crippen LogP contribution is 2.35. The number of aromatic nitrogens is 3. The Kier molecular flexibility index (Phi) is 5.56. The summed E-state index contributed by atoms with van der Waals surface area (Å²) in [4.78, 5) is 2.56. The van der Waals surface area contributed by atoms with E-state index in [0.717, 1.165) is 49.7 Å². The highest BCUT2D eigenvalue weighted by molar-refractivity contribution is 5.46. The average Bonchev–Trinajstić information content (AvgIpc) is 3.32. The van der Waals surface area contributed by atoms with Crippen molar-refractivity contribution in [2.24, 2.45) is 0 Å². The molecule has 1 fully saturated rings. The number of benzene rings is 1. The molecule has 0 N–H and O–H groups in total. The second kappa shape index (κ2) is 8.61. The summed E-state index contributed by atoms with van der Waals surface area (Å²) < 4.78 is 19.1. The van der Waals surface area contributed by atoms with E-state index < -0.39 is 0 Å². The summed E-state index contributed by atoms with van der Waals surface area (Å²) in [6, 6.07) is 5.77. The van der Waals surface area contributed by atoms with Crippen molar-refractivity contribution in [3.63, 3.8) is 0 Å². The second-order valence-electron chi connectivity index (χ2n) is 8.29. The molecule has 0 bridgehead atoms. The van der Waals surface area contributed by atoms with E-state index in [9.17, 15) is 0 Å². The molecule has 29 heavy (non-hydrogen) atoms. The first-order chi connectivity index (χ1) is 14.4. The van der Waals surface area contributed by atoms with E-state index in [1.165, 1.54) is 50.3 Å². The standard InChI is InChI=1S/C22H30N4O3/c1-2-7-21-23-24-22(26(21)12-3-1)17-6-4-10-25(15-17)11-5-13-27-18-8-9-19-20(14-18)29-16-28-19/h8-9,14,17H,1-7,10-13,15-16H2. The summed E-state index contributed by atoms with van der Waals surface area (Å²) in [6.07, 6.45) is 8.37. The molecule has 1 aromatic carbocycles. The van der Waals surface area contributed by atoms with Crippen molar-refractivity contribution in [3.05, 3.63) is 29.8 Å². The SMILES string of the molecule is c1cc2c(cc1OCCCN1CCCC(c3nnc4n3CCCCC4)C1)OCO2. The molecule has 7 heteroatoms. The van der Waals surface area contributed by atoms with Gasteiger partial charge in [0, 0.05) is 38.0 Å². The van der Waals surface area contributed by atoms with Crippen molar-refractivity contribution in [3.8, 4) is 17.2 Å². The van der Waals surface area contributed by atoms with Crippen LogP contribution < -0.4 is 14.2 Å². The Morgan fingerprint density at radius 2 is 2.00 bits per heavy atom. The second-order valence-corrected chi connectivity index (χ2v) is 8.29. The van der Waals surface area contributed by atoms with Gasteiger partial charge in [0.1, 0.15) is 17.4 Å². The first-order valence-corrected chi connectivity index (χ1v) is 11.0. The molecule has 0 radical (unpaired) electrons. The summed E-state index contributed by atoms with van der Waals surface area (Å²) in [6.45, 7) is 5.41. The van der Waals surface area contributed by atoms with Gasteiger partial charge in [0.15, 0.2) is 11.5 Å². The Balaban J connectivity index is 1.12. The molecule has 5 rings (SSSR count). The van der Waals surface area contributed by atoms with Gasteiger partial charge in [0.2, 0.25) is 6.79 Å². The Bertz CT molecular complexity index is 837. The highest BCUT2D eigenvalue weighted by atomic mass is 16.7. The third kappa shape index (κ3) is 4.20. The number of nitrogens with zero attached hydrogens (tertiary/aromatic N) is 4.